The summed E-state index contributed by atoms with van der Waals surface area (Å²) in [6.07, 6.45) is 4.84. The molecule has 3 N–H and O–H groups in total. The predicted molar refractivity (Wildman–Crippen MR) is 50.2 cm³/mol. The van der Waals surface area contributed by atoms with Crippen LogP contribution in [0.4, 0.5) is 0 Å². The maximum absolute atomic E-state index is 5.99. The van der Waals surface area contributed by atoms with Gasteiger partial charge in [-0.1, -0.05) is 6.42 Å². The zero-order valence-electron chi connectivity index (χ0n) is 7.42. The topological polar surface area (TPSA) is 50.4 Å². The minimum atomic E-state index is 0.356. The molecule has 3 heteroatoms. The van der Waals surface area contributed by atoms with Gasteiger partial charge >= 0.3 is 0 Å². The number of rotatable bonds is 1. The van der Waals surface area contributed by atoms with Crippen LogP contribution in [0, 0.1) is 5.92 Å². The average molecular weight is 167 g/mol. The van der Waals surface area contributed by atoms with Crippen LogP contribution in [0.3, 0.4) is 0 Å². The molecule has 68 valence electrons. The molecule has 0 radical (unpaired) electrons. The van der Waals surface area contributed by atoms with Crippen molar-refractivity contribution >= 4 is 5.84 Å². The van der Waals surface area contributed by atoms with Crippen LogP contribution in [-0.2, 0) is 0 Å². The van der Waals surface area contributed by atoms with Crippen molar-refractivity contribution in [3.63, 3.8) is 0 Å². The zero-order valence-corrected chi connectivity index (χ0v) is 7.42. The Bertz CT molecular complexity index is 188. The first kappa shape index (κ1) is 8.05. The van der Waals surface area contributed by atoms with Crippen molar-refractivity contribution in [3.8, 4) is 0 Å². The molecular weight excluding hydrogens is 150 g/mol. The van der Waals surface area contributed by atoms with Crippen molar-refractivity contribution in [3.05, 3.63) is 0 Å². The van der Waals surface area contributed by atoms with E-state index >= 15 is 0 Å². The fraction of sp³-hybridized carbons (Fsp3) is 0.889. The van der Waals surface area contributed by atoms with Gasteiger partial charge in [0.1, 0.15) is 5.84 Å². The molecule has 2 aliphatic rings. The number of aliphatic imine (C=N–C) groups is 1. The van der Waals surface area contributed by atoms with E-state index in [0.717, 1.165) is 13.1 Å². The predicted octanol–water partition coefficient (Wildman–Crippen LogP) is 0.506. The standard InChI is InChI=1S/C9H17N3/c10-8-4-1-3-7(8)9-11-5-2-6-12-9/h7-8H,1-6,10H2,(H,11,12). The maximum Gasteiger partial charge on any atom is 0.101 e. The Morgan fingerprint density at radius 1 is 1.33 bits per heavy atom. The van der Waals surface area contributed by atoms with Crippen LogP contribution >= 0.6 is 0 Å². The quantitative estimate of drug-likeness (QED) is 0.597. The Hall–Kier alpha value is -0.570. The molecule has 3 nitrogen and oxygen atoms in total. The molecule has 0 aromatic heterocycles. The van der Waals surface area contributed by atoms with Gasteiger partial charge in [-0.3, -0.25) is 4.99 Å². The summed E-state index contributed by atoms with van der Waals surface area (Å²) in [4.78, 5) is 4.49. The van der Waals surface area contributed by atoms with Gasteiger partial charge in [-0.05, 0) is 19.3 Å². The van der Waals surface area contributed by atoms with Crippen molar-refractivity contribution in [2.24, 2.45) is 16.6 Å². The second-order valence-corrected chi connectivity index (χ2v) is 3.75. The number of hydrogen-bond acceptors (Lipinski definition) is 3. The maximum atomic E-state index is 5.99. The highest BCUT2D eigenvalue weighted by Gasteiger charge is 2.28. The van der Waals surface area contributed by atoms with E-state index in [4.69, 9.17) is 5.73 Å². The molecule has 0 amide bonds. The van der Waals surface area contributed by atoms with E-state index in [9.17, 15) is 0 Å². The Labute approximate surface area is 73.4 Å². The minimum absolute atomic E-state index is 0.356. The number of hydrogen-bond donors (Lipinski definition) is 2. The molecule has 2 atom stereocenters. The second-order valence-electron chi connectivity index (χ2n) is 3.75. The SMILES string of the molecule is NC1CCCC1C1=NCCCN1. The average Bonchev–Trinajstić information content (AvgIpc) is 2.53. The summed E-state index contributed by atoms with van der Waals surface area (Å²) >= 11 is 0. The third-order valence-corrected chi connectivity index (χ3v) is 2.84. The number of amidine groups is 1. The van der Waals surface area contributed by atoms with Gasteiger partial charge in [0.15, 0.2) is 0 Å². The number of nitrogens with two attached hydrogens (primary N) is 1. The lowest BCUT2D eigenvalue weighted by molar-refractivity contribution is 0.575. The van der Waals surface area contributed by atoms with E-state index in [1.165, 1.54) is 31.5 Å². The largest absolute Gasteiger partial charge is 0.373 e. The molecule has 0 saturated heterocycles. The molecule has 0 aromatic carbocycles. The van der Waals surface area contributed by atoms with E-state index in [0.29, 0.717) is 12.0 Å². The molecule has 0 bridgehead atoms. The zero-order chi connectivity index (χ0) is 8.39. The van der Waals surface area contributed by atoms with Crippen molar-refractivity contribution in [1.29, 1.82) is 0 Å². The normalized spacial score (nSPS) is 35.9. The van der Waals surface area contributed by atoms with Gasteiger partial charge in [-0.15, -0.1) is 0 Å². The first-order valence-electron chi connectivity index (χ1n) is 4.92. The molecule has 1 aliphatic heterocycles. The lowest BCUT2D eigenvalue weighted by Gasteiger charge is -2.22. The van der Waals surface area contributed by atoms with Crippen LogP contribution in [0.1, 0.15) is 25.7 Å². The highest BCUT2D eigenvalue weighted by Crippen LogP contribution is 2.25. The van der Waals surface area contributed by atoms with Crippen LogP contribution in [0.25, 0.3) is 0 Å². The van der Waals surface area contributed by atoms with Crippen LogP contribution in [0.2, 0.25) is 0 Å². The Balaban J connectivity index is 2.02. The van der Waals surface area contributed by atoms with Crippen LogP contribution < -0.4 is 11.1 Å². The molecule has 1 fully saturated rings. The van der Waals surface area contributed by atoms with Crippen molar-refractivity contribution in [2.45, 2.75) is 31.7 Å². The summed E-state index contributed by atoms with van der Waals surface area (Å²) in [6.45, 7) is 2.08. The molecular formula is C9H17N3. The van der Waals surface area contributed by atoms with Gasteiger partial charge < -0.3 is 11.1 Å². The molecule has 1 aliphatic carbocycles. The lowest BCUT2D eigenvalue weighted by Crippen LogP contribution is -2.41. The first-order valence-corrected chi connectivity index (χ1v) is 4.92. The summed E-state index contributed by atoms with van der Waals surface area (Å²) in [5, 5.41) is 3.36. The van der Waals surface area contributed by atoms with Crippen LogP contribution in [0.15, 0.2) is 4.99 Å². The van der Waals surface area contributed by atoms with Crippen LogP contribution in [-0.4, -0.2) is 25.0 Å². The van der Waals surface area contributed by atoms with Gasteiger partial charge in [0.25, 0.3) is 0 Å². The van der Waals surface area contributed by atoms with E-state index in [-0.39, 0.29) is 0 Å². The minimum Gasteiger partial charge on any atom is -0.373 e. The first-order chi connectivity index (χ1) is 5.88. The monoisotopic (exact) mass is 167 g/mol. The van der Waals surface area contributed by atoms with Crippen molar-refractivity contribution in [2.75, 3.05) is 13.1 Å². The van der Waals surface area contributed by atoms with E-state index in [1.54, 1.807) is 0 Å². The number of nitrogens with zero attached hydrogens (tertiary/aromatic N) is 1. The van der Waals surface area contributed by atoms with Gasteiger partial charge in [0.2, 0.25) is 0 Å². The van der Waals surface area contributed by atoms with Crippen molar-refractivity contribution < 1.29 is 0 Å². The van der Waals surface area contributed by atoms with Gasteiger partial charge in [0.05, 0.1) is 0 Å². The summed E-state index contributed by atoms with van der Waals surface area (Å²) < 4.78 is 0. The molecule has 0 spiro atoms. The van der Waals surface area contributed by atoms with Crippen LogP contribution in [0.5, 0.6) is 0 Å². The van der Waals surface area contributed by atoms with E-state index in [1.807, 2.05) is 0 Å². The molecule has 1 heterocycles. The third-order valence-electron chi connectivity index (χ3n) is 2.84. The van der Waals surface area contributed by atoms with Gasteiger partial charge in [0, 0.05) is 25.0 Å². The third kappa shape index (κ3) is 1.46. The fourth-order valence-electron chi connectivity index (χ4n) is 2.13. The number of nitrogens with one attached hydrogen (secondary N) is 1. The van der Waals surface area contributed by atoms with E-state index < -0.39 is 0 Å². The van der Waals surface area contributed by atoms with Crippen molar-refractivity contribution in [1.82, 2.24) is 5.32 Å². The highest BCUT2D eigenvalue weighted by atomic mass is 15.0. The summed E-state index contributed by atoms with van der Waals surface area (Å²) in [5.41, 5.74) is 5.99. The lowest BCUT2D eigenvalue weighted by atomic mass is 10.0. The fourth-order valence-corrected chi connectivity index (χ4v) is 2.13. The molecule has 2 unspecified atom stereocenters. The Morgan fingerprint density at radius 2 is 2.25 bits per heavy atom. The Morgan fingerprint density at radius 3 is 2.83 bits per heavy atom. The molecule has 1 saturated carbocycles. The van der Waals surface area contributed by atoms with Gasteiger partial charge in [-0.2, -0.15) is 0 Å². The Kier molecular flexibility index (Phi) is 2.30. The summed E-state index contributed by atoms with van der Waals surface area (Å²) in [7, 11) is 0. The smallest absolute Gasteiger partial charge is 0.101 e. The summed E-state index contributed by atoms with van der Waals surface area (Å²) in [5.74, 6) is 1.72. The molecule has 2 rings (SSSR count). The summed E-state index contributed by atoms with van der Waals surface area (Å²) in [6, 6.07) is 0.356. The van der Waals surface area contributed by atoms with E-state index in [2.05, 4.69) is 10.3 Å². The highest BCUT2D eigenvalue weighted by molar-refractivity contribution is 5.85. The second kappa shape index (κ2) is 3.44. The molecule has 0 aromatic rings. The van der Waals surface area contributed by atoms with Gasteiger partial charge in [-0.25, -0.2) is 0 Å². The molecule has 12 heavy (non-hydrogen) atoms.